The molecule has 6 heteroatoms. The smallest absolute Gasteiger partial charge is 0.257 e. The van der Waals surface area contributed by atoms with Crippen LogP contribution in [-0.2, 0) is 22.4 Å². The van der Waals surface area contributed by atoms with Crippen LogP contribution in [0.15, 0.2) is 41.8 Å². The van der Waals surface area contributed by atoms with Crippen LogP contribution in [-0.4, -0.2) is 24.9 Å². The first-order valence-electron chi connectivity index (χ1n) is 8.65. The maximum absolute atomic E-state index is 12.1. The molecule has 2 aromatic rings. The number of thiophene rings is 1. The first kappa shape index (κ1) is 17.5. The molecule has 0 spiro atoms. The number of nitrogens with zero attached hydrogens (tertiary/aromatic N) is 1. The lowest BCUT2D eigenvalue weighted by Crippen LogP contribution is -2.47. The van der Waals surface area contributed by atoms with E-state index in [-0.39, 0.29) is 18.4 Å². The molecular weight excluding hydrogens is 334 g/mol. The number of amides is 2. The van der Waals surface area contributed by atoms with Crippen molar-refractivity contribution in [2.24, 2.45) is 0 Å². The highest BCUT2D eigenvalue weighted by Gasteiger charge is 2.18. The first-order chi connectivity index (χ1) is 12.2. The zero-order valence-corrected chi connectivity index (χ0v) is 15.0. The number of carbonyl (C=O) groups is 2. The van der Waals surface area contributed by atoms with Gasteiger partial charge in [-0.2, -0.15) is 0 Å². The van der Waals surface area contributed by atoms with E-state index in [4.69, 9.17) is 0 Å². The van der Waals surface area contributed by atoms with Gasteiger partial charge in [0.2, 0.25) is 5.91 Å². The van der Waals surface area contributed by atoms with Crippen LogP contribution in [0, 0.1) is 0 Å². The van der Waals surface area contributed by atoms with Crippen molar-refractivity contribution in [2.45, 2.75) is 32.1 Å². The van der Waals surface area contributed by atoms with Crippen molar-refractivity contribution in [3.05, 3.63) is 52.2 Å². The lowest BCUT2D eigenvalue weighted by atomic mass is 10.0. The number of benzene rings is 1. The minimum absolute atomic E-state index is 0.149. The third-order valence-electron chi connectivity index (χ3n) is 4.29. The molecule has 0 fully saturated rings. The lowest BCUT2D eigenvalue weighted by Gasteiger charge is -2.30. The summed E-state index contributed by atoms with van der Waals surface area (Å²) >= 11 is 1.70. The predicted molar refractivity (Wildman–Crippen MR) is 101 cm³/mol. The fourth-order valence-corrected chi connectivity index (χ4v) is 3.82. The van der Waals surface area contributed by atoms with Gasteiger partial charge in [-0.3, -0.25) is 20.4 Å². The number of fused-ring (bicyclic) bond motifs is 1. The molecular formula is C19H23N3O2S. The minimum atomic E-state index is -0.191. The molecule has 1 aliphatic rings. The van der Waals surface area contributed by atoms with E-state index in [2.05, 4.69) is 27.9 Å². The lowest BCUT2D eigenvalue weighted by molar-refractivity contribution is -0.128. The Morgan fingerprint density at radius 1 is 1.08 bits per heavy atom. The predicted octanol–water partition coefficient (Wildman–Crippen LogP) is 2.67. The summed E-state index contributed by atoms with van der Waals surface area (Å²) in [6.07, 6.45) is 4.17. The molecule has 3 rings (SSSR count). The Hall–Kier alpha value is -2.34. The summed E-state index contributed by atoms with van der Waals surface area (Å²) in [5, 5.41) is 2.04. The summed E-state index contributed by atoms with van der Waals surface area (Å²) in [7, 11) is 0. The van der Waals surface area contributed by atoms with Gasteiger partial charge in [-0.05, 0) is 48.8 Å². The van der Waals surface area contributed by atoms with E-state index in [0.717, 1.165) is 37.9 Å². The number of para-hydroxylation sites is 1. The molecule has 0 unspecified atom stereocenters. The van der Waals surface area contributed by atoms with Gasteiger partial charge < -0.3 is 4.90 Å². The Kier molecular flexibility index (Phi) is 6.06. The number of hydrazine groups is 1. The van der Waals surface area contributed by atoms with Crippen LogP contribution in [0.1, 0.15) is 29.7 Å². The average molecular weight is 357 g/mol. The standard InChI is InChI=1S/C19H23N3O2S/c23-18(11-3-8-16-9-5-13-25-16)20-21-19(24)14-22-12-4-7-15-6-1-2-10-17(15)22/h1-2,5-6,9-10,13H,3-4,7-8,11-12,14H2,(H,20,23)(H,21,24). The summed E-state index contributed by atoms with van der Waals surface area (Å²) in [6.45, 7) is 1.12. The van der Waals surface area contributed by atoms with E-state index >= 15 is 0 Å². The largest absolute Gasteiger partial charge is 0.362 e. The van der Waals surface area contributed by atoms with E-state index in [1.54, 1.807) is 11.3 Å². The number of anilines is 1. The van der Waals surface area contributed by atoms with E-state index in [1.807, 2.05) is 29.6 Å². The highest BCUT2D eigenvalue weighted by molar-refractivity contribution is 7.09. The Balaban J connectivity index is 1.39. The maximum Gasteiger partial charge on any atom is 0.257 e. The fourth-order valence-electron chi connectivity index (χ4n) is 3.07. The number of carbonyl (C=O) groups excluding carboxylic acids is 2. The molecule has 5 nitrogen and oxygen atoms in total. The van der Waals surface area contributed by atoms with Gasteiger partial charge in [0.25, 0.3) is 5.91 Å². The molecule has 132 valence electrons. The summed E-state index contributed by atoms with van der Waals surface area (Å²) in [4.78, 5) is 27.3. The molecule has 2 heterocycles. The van der Waals surface area contributed by atoms with E-state index in [1.165, 1.54) is 10.4 Å². The van der Waals surface area contributed by atoms with E-state index in [9.17, 15) is 9.59 Å². The van der Waals surface area contributed by atoms with Crippen molar-refractivity contribution in [2.75, 3.05) is 18.0 Å². The number of hydrogen-bond donors (Lipinski definition) is 2. The third kappa shape index (κ3) is 5.06. The topological polar surface area (TPSA) is 61.4 Å². The second-order valence-electron chi connectivity index (χ2n) is 6.18. The highest BCUT2D eigenvalue weighted by atomic mass is 32.1. The molecule has 0 bridgehead atoms. The summed E-state index contributed by atoms with van der Waals surface area (Å²) in [5.74, 6) is -0.340. The van der Waals surface area contributed by atoms with Crippen molar-refractivity contribution >= 4 is 28.8 Å². The Morgan fingerprint density at radius 2 is 1.92 bits per heavy atom. The van der Waals surface area contributed by atoms with Crippen molar-refractivity contribution in [3.63, 3.8) is 0 Å². The van der Waals surface area contributed by atoms with Crippen LogP contribution in [0.2, 0.25) is 0 Å². The van der Waals surface area contributed by atoms with E-state index < -0.39 is 0 Å². The van der Waals surface area contributed by atoms with Gasteiger partial charge in [-0.25, -0.2) is 0 Å². The molecule has 2 amide bonds. The monoisotopic (exact) mass is 357 g/mol. The van der Waals surface area contributed by atoms with Crippen LogP contribution in [0.5, 0.6) is 0 Å². The Morgan fingerprint density at radius 3 is 2.76 bits per heavy atom. The molecule has 1 aliphatic heterocycles. The normalized spacial score (nSPS) is 13.2. The van der Waals surface area contributed by atoms with Crippen LogP contribution in [0.25, 0.3) is 0 Å². The summed E-state index contributed by atoms with van der Waals surface area (Å²) in [5.41, 5.74) is 7.43. The fraction of sp³-hybridized carbons (Fsp3) is 0.368. The quantitative estimate of drug-likeness (QED) is 0.782. The van der Waals surface area contributed by atoms with Crippen LogP contribution in [0.4, 0.5) is 5.69 Å². The van der Waals surface area contributed by atoms with Gasteiger partial charge >= 0.3 is 0 Å². The van der Waals surface area contributed by atoms with Gasteiger partial charge in [-0.1, -0.05) is 24.3 Å². The SMILES string of the molecule is O=C(CCCc1cccs1)NNC(=O)CN1CCCc2ccccc21. The number of hydrogen-bond acceptors (Lipinski definition) is 4. The molecule has 0 atom stereocenters. The van der Waals surface area contributed by atoms with Gasteiger partial charge in [0.05, 0.1) is 6.54 Å². The van der Waals surface area contributed by atoms with Crippen molar-refractivity contribution in [1.29, 1.82) is 0 Å². The molecule has 1 aromatic heterocycles. The second kappa shape index (κ2) is 8.67. The summed E-state index contributed by atoms with van der Waals surface area (Å²) < 4.78 is 0. The third-order valence-corrected chi connectivity index (χ3v) is 5.23. The van der Waals surface area contributed by atoms with E-state index in [0.29, 0.717) is 6.42 Å². The number of nitrogens with one attached hydrogen (secondary N) is 2. The van der Waals surface area contributed by atoms with Crippen molar-refractivity contribution in [3.8, 4) is 0 Å². The van der Waals surface area contributed by atoms with Crippen LogP contribution in [0.3, 0.4) is 0 Å². The molecule has 0 aliphatic carbocycles. The zero-order valence-electron chi connectivity index (χ0n) is 14.2. The minimum Gasteiger partial charge on any atom is -0.362 e. The number of aryl methyl sites for hydroxylation is 2. The second-order valence-corrected chi connectivity index (χ2v) is 7.22. The summed E-state index contributed by atoms with van der Waals surface area (Å²) in [6, 6.07) is 12.3. The van der Waals surface area contributed by atoms with Crippen LogP contribution >= 0.6 is 11.3 Å². The Labute approximate surface area is 152 Å². The van der Waals surface area contributed by atoms with Crippen LogP contribution < -0.4 is 15.8 Å². The first-order valence-corrected chi connectivity index (χ1v) is 9.53. The molecule has 0 radical (unpaired) electrons. The molecule has 2 N–H and O–H groups in total. The van der Waals surface area contributed by atoms with Gasteiger partial charge in [0, 0.05) is 23.5 Å². The van der Waals surface area contributed by atoms with Gasteiger partial charge in [0.15, 0.2) is 0 Å². The molecule has 25 heavy (non-hydrogen) atoms. The average Bonchev–Trinajstić information content (AvgIpc) is 3.14. The maximum atomic E-state index is 12.1. The van der Waals surface area contributed by atoms with Crippen molar-refractivity contribution < 1.29 is 9.59 Å². The van der Waals surface area contributed by atoms with Crippen molar-refractivity contribution in [1.82, 2.24) is 10.9 Å². The zero-order chi connectivity index (χ0) is 17.5. The Bertz CT molecular complexity index is 715. The number of rotatable bonds is 6. The molecule has 0 saturated heterocycles. The van der Waals surface area contributed by atoms with Gasteiger partial charge in [-0.15, -0.1) is 11.3 Å². The van der Waals surface area contributed by atoms with Gasteiger partial charge in [0.1, 0.15) is 0 Å². The molecule has 0 saturated carbocycles. The highest BCUT2D eigenvalue weighted by Crippen LogP contribution is 2.26. The molecule has 1 aromatic carbocycles.